The summed E-state index contributed by atoms with van der Waals surface area (Å²) in [5.41, 5.74) is 1.35. The molecule has 0 amide bonds. The standard InChI is InChI=1S/C20H25NO3/c1-16(22)15-21-13-5-6-14-24-19-11-9-18(10-12-19)20(23)17-7-3-2-4-8-17/h2-4,7-12,16,21-22H,5-6,13-15H2,1H3/t16-/m1/s1. The monoisotopic (exact) mass is 327 g/mol. The van der Waals surface area contributed by atoms with Gasteiger partial charge >= 0.3 is 0 Å². The van der Waals surface area contributed by atoms with Crippen molar-refractivity contribution in [3.8, 4) is 5.75 Å². The lowest BCUT2D eigenvalue weighted by Crippen LogP contribution is -2.25. The van der Waals surface area contributed by atoms with Crippen molar-refractivity contribution in [1.29, 1.82) is 0 Å². The molecule has 2 aromatic carbocycles. The van der Waals surface area contributed by atoms with Crippen molar-refractivity contribution in [2.45, 2.75) is 25.9 Å². The number of ether oxygens (including phenoxy) is 1. The van der Waals surface area contributed by atoms with Gasteiger partial charge in [-0.1, -0.05) is 30.3 Å². The Balaban J connectivity index is 1.71. The second-order valence-corrected chi connectivity index (χ2v) is 5.83. The molecule has 0 aliphatic heterocycles. The number of aliphatic hydroxyl groups is 1. The molecule has 0 fully saturated rings. The highest BCUT2D eigenvalue weighted by molar-refractivity contribution is 6.08. The largest absolute Gasteiger partial charge is 0.494 e. The van der Waals surface area contributed by atoms with Gasteiger partial charge in [0.05, 0.1) is 12.7 Å². The van der Waals surface area contributed by atoms with Gasteiger partial charge in [-0.15, -0.1) is 0 Å². The van der Waals surface area contributed by atoms with Crippen LogP contribution in [-0.2, 0) is 0 Å². The highest BCUT2D eigenvalue weighted by atomic mass is 16.5. The molecule has 4 heteroatoms. The average molecular weight is 327 g/mol. The fourth-order valence-corrected chi connectivity index (χ4v) is 2.31. The number of ketones is 1. The SMILES string of the molecule is C[C@@H](O)CNCCCCOc1ccc(C(=O)c2ccccc2)cc1. The van der Waals surface area contributed by atoms with Gasteiger partial charge < -0.3 is 15.2 Å². The Bertz CT molecular complexity index is 609. The molecule has 0 aliphatic carbocycles. The minimum atomic E-state index is -0.307. The topological polar surface area (TPSA) is 58.6 Å². The summed E-state index contributed by atoms with van der Waals surface area (Å²) in [4.78, 5) is 12.3. The maximum atomic E-state index is 12.3. The highest BCUT2D eigenvalue weighted by Crippen LogP contribution is 2.15. The third-order valence-corrected chi connectivity index (χ3v) is 3.61. The van der Waals surface area contributed by atoms with Crippen LogP contribution < -0.4 is 10.1 Å². The van der Waals surface area contributed by atoms with Crippen molar-refractivity contribution in [2.24, 2.45) is 0 Å². The Morgan fingerprint density at radius 1 is 1.04 bits per heavy atom. The van der Waals surface area contributed by atoms with Gasteiger partial charge in [0.25, 0.3) is 0 Å². The number of hydrogen-bond acceptors (Lipinski definition) is 4. The summed E-state index contributed by atoms with van der Waals surface area (Å²) in [6.07, 6.45) is 1.63. The van der Waals surface area contributed by atoms with Gasteiger partial charge in [-0.25, -0.2) is 0 Å². The highest BCUT2D eigenvalue weighted by Gasteiger charge is 2.08. The van der Waals surface area contributed by atoms with Crippen LogP contribution in [0.2, 0.25) is 0 Å². The fraction of sp³-hybridized carbons (Fsp3) is 0.350. The molecule has 0 saturated heterocycles. The zero-order valence-corrected chi connectivity index (χ0v) is 14.1. The molecule has 24 heavy (non-hydrogen) atoms. The smallest absolute Gasteiger partial charge is 0.193 e. The van der Waals surface area contributed by atoms with E-state index in [1.807, 2.05) is 42.5 Å². The van der Waals surface area contributed by atoms with Crippen molar-refractivity contribution in [2.75, 3.05) is 19.7 Å². The molecule has 0 aromatic heterocycles. The Kier molecular flexibility index (Phi) is 7.46. The van der Waals surface area contributed by atoms with Gasteiger partial charge in [0.1, 0.15) is 5.75 Å². The molecule has 0 heterocycles. The molecule has 0 unspecified atom stereocenters. The number of carbonyl (C=O) groups is 1. The van der Waals surface area contributed by atoms with Gasteiger partial charge in [-0.3, -0.25) is 4.79 Å². The van der Waals surface area contributed by atoms with Crippen molar-refractivity contribution >= 4 is 5.78 Å². The molecule has 0 spiro atoms. The summed E-state index contributed by atoms with van der Waals surface area (Å²) in [5.74, 6) is 0.794. The van der Waals surface area contributed by atoms with Crippen molar-refractivity contribution in [3.63, 3.8) is 0 Å². The minimum Gasteiger partial charge on any atom is -0.494 e. The zero-order valence-electron chi connectivity index (χ0n) is 14.1. The van der Waals surface area contributed by atoms with Crippen molar-refractivity contribution < 1.29 is 14.6 Å². The van der Waals surface area contributed by atoms with E-state index in [1.165, 1.54) is 0 Å². The van der Waals surface area contributed by atoms with Gasteiger partial charge in [0.15, 0.2) is 5.78 Å². The van der Waals surface area contributed by atoms with Crippen LogP contribution in [0.5, 0.6) is 5.75 Å². The Labute approximate surface area is 143 Å². The molecule has 1 atom stereocenters. The summed E-state index contributed by atoms with van der Waals surface area (Å²) in [6.45, 7) is 3.90. The second kappa shape index (κ2) is 9.85. The maximum Gasteiger partial charge on any atom is 0.193 e. The average Bonchev–Trinajstić information content (AvgIpc) is 2.61. The molecule has 0 radical (unpaired) electrons. The van der Waals surface area contributed by atoms with E-state index in [-0.39, 0.29) is 11.9 Å². The van der Waals surface area contributed by atoms with E-state index in [9.17, 15) is 4.79 Å². The Morgan fingerprint density at radius 2 is 1.71 bits per heavy atom. The van der Waals surface area contributed by atoms with E-state index in [0.29, 0.717) is 24.3 Å². The Morgan fingerprint density at radius 3 is 2.38 bits per heavy atom. The third-order valence-electron chi connectivity index (χ3n) is 3.61. The fourth-order valence-electron chi connectivity index (χ4n) is 2.31. The first-order chi connectivity index (χ1) is 11.7. The number of carbonyl (C=O) groups excluding carboxylic acids is 1. The number of aliphatic hydroxyl groups excluding tert-OH is 1. The Hall–Kier alpha value is -2.17. The van der Waals surface area contributed by atoms with Crippen LogP contribution in [0.4, 0.5) is 0 Å². The molecule has 4 nitrogen and oxygen atoms in total. The van der Waals surface area contributed by atoms with E-state index in [4.69, 9.17) is 9.84 Å². The molecule has 0 aliphatic rings. The number of rotatable bonds is 10. The summed E-state index contributed by atoms with van der Waals surface area (Å²) < 4.78 is 5.69. The summed E-state index contributed by atoms with van der Waals surface area (Å²) in [5, 5.41) is 12.3. The molecular weight excluding hydrogens is 302 g/mol. The van der Waals surface area contributed by atoms with Gasteiger partial charge in [0.2, 0.25) is 0 Å². The quantitative estimate of drug-likeness (QED) is 0.520. The van der Waals surface area contributed by atoms with E-state index >= 15 is 0 Å². The van der Waals surface area contributed by atoms with Gasteiger partial charge in [-0.05, 0) is 50.6 Å². The van der Waals surface area contributed by atoms with E-state index < -0.39 is 0 Å². The number of nitrogens with one attached hydrogen (secondary N) is 1. The second-order valence-electron chi connectivity index (χ2n) is 5.83. The number of hydrogen-bond donors (Lipinski definition) is 2. The van der Waals surface area contributed by atoms with E-state index in [2.05, 4.69) is 5.32 Å². The van der Waals surface area contributed by atoms with Crippen LogP contribution in [-0.4, -0.2) is 36.7 Å². The van der Waals surface area contributed by atoms with Crippen LogP contribution in [0.15, 0.2) is 54.6 Å². The summed E-state index contributed by atoms with van der Waals surface area (Å²) >= 11 is 0. The van der Waals surface area contributed by atoms with E-state index in [0.717, 1.165) is 25.1 Å². The zero-order chi connectivity index (χ0) is 17.2. The molecule has 128 valence electrons. The summed E-state index contributed by atoms with van der Waals surface area (Å²) in [6, 6.07) is 16.5. The molecule has 0 bridgehead atoms. The van der Waals surface area contributed by atoms with E-state index in [1.54, 1.807) is 19.1 Å². The normalized spacial score (nSPS) is 11.9. The number of unbranched alkanes of at least 4 members (excludes halogenated alkanes) is 1. The van der Waals surface area contributed by atoms with Gasteiger partial charge in [0, 0.05) is 17.7 Å². The molecular formula is C20H25NO3. The van der Waals surface area contributed by atoms with Crippen LogP contribution in [0, 0.1) is 0 Å². The first-order valence-electron chi connectivity index (χ1n) is 8.38. The van der Waals surface area contributed by atoms with Crippen LogP contribution in [0.3, 0.4) is 0 Å². The molecule has 0 saturated carbocycles. The predicted molar refractivity (Wildman–Crippen MR) is 95.6 cm³/mol. The molecule has 2 N–H and O–H groups in total. The number of benzene rings is 2. The summed E-state index contributed by atoms with van der Waals surface area (Å²) in [7, 11) is 0. The van der Waals surface area contributed by atoms with Crippen LogP contribution >= 0.6 is 0 Å². The lowest BCUT2D eigenvalue weighted by Gasteiger charge is -2.08. The lowest BCUT2D eigenvalue weighted by molar-refractivity contribution is 0.103. The van der Waals surface area contributed by atoms with Crippen LogP contribution in [0.25, 0.3) is 0 Å². The molecule has 2 rings (SSSR count). The van der Waals surface area contributed by atoms with Gasteiger partial charge in [-0.2, -0.15) is 0 Å². The lowest BCUT2D eigenvalue weighted by atomic mass is 10.0. The third kappa shape index (κ3) is 6.14. The van der Waals surface area contributed by atoms with Crippen LogP contribution in [0.1, 0.15) is 35.7 Å². The predicted octanol–water partition coefficient (Wildman–Crippen LogP) is 3.05. The molecule has 2 aromatic rings. The van der Waals surface area contributed by atoms with Crippen molar-refractivity contribution in [3.05, 3.63) is 65.7 Å². The first-order valence-corrected chi connectivity index (χ1v) is 8.38. The minimum absolute atomic E-state index is 0.0198. The van der Waals surface area contributed by atoms with Crippen molar-refractivity contribution in [1.82, 2.24) is 5.32 Å². The maximum absolute atomic E-state index is 12.3. The first kappa shape index (κ1) is 18.2.